The van der Waals surface area contributed by atoms with Crippen LogP contribution in [0.15, 0.2) is 70.0 Å². The van der Waals surface area contributed by atoms with Crippen molar-refractivity contribution >= 4 is 40.2 Å². The molecule has 0 fully saturated rings. The van der Waals surface area contributed by atoms with Gasteiger partial charge in [-0.2, -0.15) is 0 Å². The van der Waals surface area contributed by atoms with E-state index in [-0.39, 0.29) is 28.7 Å². The smallest absolute Gasteiger partial charge is 0.344 e. The Hall–Kier alpha value is -3.46. The number of ether oxygens (including phenoxy) is 1. The number of aliphatic imine (C=N–C) groups is 1. The van der Waals surface area contributed by atoms with Crippen LogP contribution in [0.25, 0.3) is 6.08 Å². The number of non-ortho nitro benzene ring substituents is 1. The normalized spacial score (nSPS) is 16.6. The number of aromatic nitrogens is 1. The van der Waals surface area contributed by atoms with Crippen molar-refractivity contribution in [2.24, 2.45) is 4.99 Å². The van der Waals surface area contributed by atoms with Crippen molar-refractivity contribution in [1.82, 2.24) is 4.98 Å². The number of nitro benzene ring substituents is 1. The Morgan fingerprint density at radius 3 is 2.71 bits per heavy atom. The highest BCUT2D eigenvalue weighted by Gasteiger charge is 2.33. The molecule has 0 amide bonds. The van der Waals surface area contributed by atoms with E-state index in [4.69, 9.17) is 4.74 Å². The molecule has 0 radical (unpaired) electrons. The number of esters is 1. The van der Waals surface area contributed by atoms with Crippen LogP contribution < -0.4 is 0 Å². The Morgan fingerprint density at radius 1 is 1.36 bits per heavy atom. The first-order valence-electron chi connectivity index (χ1n) is 8.23. The number of hydrogen-bond acceptors (Lipinski definition) is 8. The van der Waals surface area contributed by atoms with Gasteiger partial charge in [0.25, 0.3) is 5.69 Å². The fourth-order valence-electron chi connectivity index (χ4n) is 2.37. The van der Waals surface area contributed by atoms with Gasteiger partial charge in [-0.3, -0.25) is 15.1 Å². The fraction of sp³-hybridized carbons (Fsp3) is 0.105. The molecule has 0 aliphatic carbocycles. The molecule has 0 unspecified atom stereocenters. The first kappa shape index (κ1) is 19.3. The minimum atomic E-state index is -0.692. The van der Waals surface area contributed by atoms with Crippen LogP contribution in [-0.4, -0.2) is 32.6 Å². The van der Waals surface area contributed by atoms with Crippen molar-refractivity contribution in [3.63, 3.8) is 0 Å². The van der Waals surface area contributed by atoms with E-state index in [0.29, 0.717) is 10.6 Å². The third-order valence-corrected chi connectivity index (χ3v) is 4.66. The molecule has 0 saturated carbocycles. The molecule has 0 bridgehead atoms. The van der Waals surface area contributed by atoms with Gasteiger partial charge in [0.15, 0.2) is 0 Å². The third-order valence-electron chi connectivity index (χ3n) is 3.64. The fourth-order valence-corrected chi connectivity index (χ4v) is 3.41. The summed E-state index contributed by atoms with van der Waals surface area (Å²) in [6, 6.07) is 9.13. The Morgan fingerprint density at radius 2 is 2.11 bits per heavy atom. The summed E-state index contributed by atoms with van der Waals surface area (Å²) in [5, 5.41) is 21.6. The molecule has 0 saturated heterocycles. The van der Waals surface area contributed by atoms with Gasteiger partial charge in [-0.15, -0.1) is 0 Å². The number of carbonyl (C=O) groups is 1. The average Bonchev–Trinajstić information content (AvgIpc) is 2.98. The molecule has 1 N–H and O–H groups in total. The van der Waals surface area contributed by atoms with E-state index in [1.165, 1.54) is 24.3 Å². The molecular weight excluding hydrogens is 382 g/mol. The van der Waals surface area contributed by atoms with E-state index in [1.807, 2.05) is 6.07 Å². The van der Waals surface area contributed by atoms with Gasteiger partial charge in [-0.05, 0) is 36.8 Å². The van der Waals surface area contributed by atoms with E-state index < -0.39 is 10.9 Å². The van der Waals surface area contributed by atoms with Crippen LogP contribution in [0.3, 0.4) is 0 Å². The molecule has 1 aromatic carbocycles. The Labute approximate surface area is 164 Å². The second-order valence-electron chi connectivity index (χ2n) is 5.53. The van der Waals surface area contributed by atoms with Crippen LogP contribution in [0, 0.1) is 10.1 Å². The number of aliphatic hydroxyl groups excluding tert-OH is 1. The number of benzene rings is 1. The van der Waals surface area contributed by atoms with Gasteiger partial charge < -0.3 is 9.84 Å². The van der Waals surface area contributed by atoms with Crippen molar-refractivity contribution in [3.05, 3.63) is 80.7 Å². The van der Waals surface area contributed by atoms with Gasteiger partial charge in [0.2, 0.25) is 0 Å². The van der Waals surface area contributed by atoms with Crippen LogP contribution >= 0.6 is 11.8 Å². The molecule has 0 atom stereocenters. The molecule has 2 heterocycles. The van der Waals surface area contributed by atoms with E-state index in [0.717, 1.165) is 17.3 Å². The second-order valence-corrected chi connectivity index (χ2v) is 6.56. The van der Waals surface area contributed by atoms with E-state index in [1.54, 1.807) is 31.5 Å². The maximum Gasteiger partial charge on any atom is 0.344 e. The quantitative estimate of drug-likeness (QED) is 0.457. The van der Waals surface area contributed by atoms with E-state index in [9.17, 15) is 20.0 Å². The summed E-state index contributed by atoms with van der Waals surface area (Å²) in [5.74, 6) is -0.921. The maximum atomic E-state index is 12.3. The van der Waals surface area contributed by atoms with Crippen LogP contribution in [0.1, 0.15) is 12.5 Å². The Balaban J connectivity index is 2.00. The molecule has 1 aliphatic heterocycles. The highest BCUT2D eigenvalue weighted by Crippen LogP contribution is 2.40. The predicted molar refractivity (Wildman–Crippen MR) is 106 cm³/mol. The lowest BCUT2D eigenvalue weighted by molar-refractivity contribution is -0.384. The molecule has 0 spiro atoms. The number of hydrogen-bond donors (Lipinski definition) is 1. The Kier molecular flexibility index (Phi) is 5.85. The lowest BCUT2D eigenvalue weighted by atomic mass is 10.2. The molecule has 3 rings (SSSR count). The van der Waals surface area contributed by atoms with Crippen LogP contribution in [0.2, 0.25) is 0 Å². The van der Waals surface area contributed by atoms with Crippen LogP contribution in [-0.2, 0) is 9.53 Å². The van der Waals surface area contributed by atoms with Crippen LogP contribution in [0.4, 0.5) is 11.4 Å². The van der Waals surface area contributed by atoms with Gasteiger partial charge in [0, 0.05) is 24.5 Å². The SMILES string of the molecule is CCOC(=O)C1=C(O)C(=Cc2cccnc2)SC1=Nc1ccc([N+](=O)[O-])cc1. The van der Waals surface area contributed by atoms with Crippen molar-refractivity contribution in [2.75, 3.05) is 6.61 Å². The number of thioether (sulfide) groups is 1. The molecular formula is C19H15N3O5S. The lowest BCUT2D eigenvalue weighted by Crippen LogP contribution is -2.12. The van der Waals surface area contributed by atoms with Gasteiger partial charge >= 0.3 is 5.97 Å². The monoisotopic (exact) mass is 397 g/mol. The summed E-state index contributed by atoms with van der Waals surface area (Å²) in [4.78, 5) is 31.4. The number of rotatable bonds is 5. The summed E-state index contributed by atoms with van der Waals surface area (Å²) in [5.41, 5.74) is 1.05. The maximum absolute atomic E-state index is 12.3. The average molecular weight is 397 g/mol. The molecule has 8 nitrogen and oxygen atoms in total. The minimum Gasteiger partial charge on any atom is -0.506 e. The second kappa shape index (κ2) is 8.49. The number of nitro groups is 1. The Bertz CT molecular complexity index is 998. The summed E-state index contributed by atoms with van der Waals surface area (Å²) >= 11 is 1.11. The van der Waals surface area contributed by atoms with Gasteiger partial charge in [0.1, 0.15) is 16.4 Å². The summed E-state index contributed by atoms with van der Waals surface area (Å²) in [6.07, 6.45) is 4.94. The number of pyridine rings is 1. The topological polar surface area (TPSA) is 115 Å². The minimum absolute atomic E-state index is 0.0413. The van der Waals surface area contributed by atoms with Gasteiger partial charge in [0.05, 0.1) is 22.1 Å². The summed E-state index contributed by atoms with van der Waals surface area (Å²) in [7, 11) is 0. The molecule has 1 aromatic heterocycles. The van der Waals surface area contributed by atoms with Crippen molar-refractivity contribution in [3.8, 4) is 0 Å². The molecule has 9 heteroatoms. The predicted octanol–water partition coefficient (Wildman–Crippen LogP) is 4.18. The standard InChI is InChI=1S/C19H15N3O5S/c1-2-27-19(24)16-17(23)15(10-12-4-3-9-20-11-12)28-18(16)21-13-5-7-14(8-6-13)22(25)26/h3-11,23H,2H2,1H3. The highest BCUT2D eigenvalue weighted by atomic mass is 32.2. The van der Waals surface area contributed by atoms with Gasteiger partial charge in [-0.1, -0.05) is 17.8 Å². The zero-order valence-electron chi connectivity index (χ0n) is 14.7. The number of nitrogens with zero attached hydrogens (tertiary/aromatic N) is 3. The first-order valence-corrected chi connectivity index (χ1v) is 9.05. The molecule has 28 heavy (non-hydrogen) atoms. The lowest BCUT2D eigenvalue weighted by Gasteiger charge is -2.03. The summed E-state index contributed by atoms with van der Waals surface area (Å²) in [6.45, 7) is 1.81. The number of carbonyl (C=O) groups excluding carboxylic acids is 1. The first-order chi connectivity index (χ1) is 13.5. The van der Waals surface area contributed by atoms with E-state index in [2.05, 4.69) is 9.98 Å². The van der Waals surface area contributed by atoms with E-state index >= 15 is 0 Å². The zero-order valence-corrected chi connectivity index (χ0v) is 15.5. The van der Waals surface area contributed by atoms with Gasteiger partial charge in [-0.25, -0.2) is 9.79 Å². The molecule has 142 valence electrons. The van der Waals surface area contributed by atoms with Crippen molar-refractivity contribution in [2.45, 2.75) is 6.92 Å². The largest absolute Gasteiger partial charge is 0.506 e. The van der Waals surface area contributed by atoms with Crippen LogP contribution in [0.5, 0.6) is 0 Å². The zero-order chi connectivity index (χ0) is 20.1. The summed E-state index contributed by atoms with van der Waals surface area (Å²) < 4.78 is 5.03. The van der Waals surface area contributed by atoms with Crippen molar-refractivity contribution in [1.29, 1.82) is 0 Å². The molecule has 2 aromatic rings. The third kappa shape index (κ3) is 4.26. The molecule has 1 aliphatic rings. The number of aliphatic hydroxyl groups is 1. The van der Waals surface area contributed by atoms with Crippen molar-refractivity contribution < 1.29 is 19.6 Å². The highest BCUT2D eigenvalue weighted by molar-refractivity contribution is 8.18.